The summed E-state index contributed by atoms with van der Waals surface area (Å²) < 4.78 is 11.0. The summed E-state index contributed by atoms with van der Waals surface area (Å²) in [6.07, 6.45) is 16.3. The van der Waals surface area contributed by atoms with Crippen LogP contribution in [0.5, 0.6) is 0 Å². The van der Waals surface area contributed by atoms with Crippen LogP contribution in [0.2, 0.25) is 0 Å². The number of ether oxygens (including phenoxy) is 2. The molecule has 3 heteroatoms. The zero-order valence-corrected chi connectivity index (χ0v) is 11.5. The van der Waals surface area contributed by atoms with Crippen LogP contribution >= 0.6 is 0 Å². The molecule has 2 aliphatic rings. The van der Waals surface area contributed by atoms with Gasteiger partial charge in [0.15, 0.2) is 0 Å². The first-order chi connectivity index (χ1) is 9.24. The monoisotopic (exact) mass is 260 g/mol. The Labute approximate surface area is 114 Å². The van der Waals surface area contributed by atoms with Gasteiger partial charge in [-0.25, -0.2) is 0 Å². The molecule has 0 saturated heterocycles. The Morgan fingerprint density at radius 2 is 2.00 bits per heavy atom. The van der Waals surface area contributed by atoms with Crippen molar-refractivity contribution in [3.05, 3.63) is 48.1 Å². The summed E-state index contributed by atoms with van der Waals surface area (Å²) in [7, 11) is 3.06. The van der Waals surface area contributed by atoms with Crippen molar-refractivity contribution in [2.45, 2.75) is 25.0 Å². The minimum atomic E-state index is -1.23. The molecule has 0 aliphatic heterocycles. The molecule has 0 fully saturated rings. The predicted octanol–water partition coefficient (Wildman–Crippen LogP) is 2.95. The van der Waals surface area contributed by atoms with E-state index in [0.717, 1.165) is 19.3 Å². The molecule has 0 aromatic carbocycles. The number of Topliss-reactive ketones (excluding diaryl/α,β-unsaturated/α-hetero) is 1. The lowest BCUT2D eigenvalue weighted by Crippen LogP contribution is -2.49. The first-order valence-electron chi connectivity index (χ1n) is 6.59. The summed E-state index contributed by atoms with van der Waals surface area (Å²) in [4.78, 5) is 12.8. The highest BCUT2D eigenvalue weighted by molar-refractivity contribution is 6.03. The smallest absolute Gasteiger partial charge is 0.239 e. The van der Waals surface area contributed by atoms with Crippen molar-refractivity contribution in [1.29, 1.82) is 0 Å². The zero-order valence-electron chi connectivity index (χ0n) is 11.5. The van der Waals surface area contributed by atoms with Crippen LogP contribution in [0.25, 0.3) is 0 Å². The fourth-order valence-electron chi connectivity index (χ4n) is 2.59. The van der Waals surface area contributed by atoms with Crippen LogP contribution in [-0.4, -0.2) is 25.8 Å². The summed E-state index contributed by atoms with van der Waals surface area (Å²) in [5.74, 6) is -1.43. The van der Waals surface area contributed by atoms with Crippen LogP contribution in [0.15, 0.2) is 48.1 Å². The van der Waals surface area contributed by atoms with E-state index in [-0.39, 0.29) is 11.7 Å². The van der Waals surface area contributed by atoms with Gasteiger partial charge in [-0.05, 0) is 19.3 Å². The van der Waals surface area contributed by atoms with Crippen molar-refractivity contribution in [1.82, 2.24) is 0 Å². The van der Waals surface area contributed by atoms with Crippen molar-refractivity contribution in [3.63, 3.8) is 0 Å². The standard InChI is InChI=1S/C16H20O3/c1-18-16(19-2,14-11-7-4-8-12-14)15(17)13-9-5-3-6-10-13/h4-5,7-11,14H,3,6,12H2,1-2H3. The lowest BCUT2D eigenvalue weighted by atomic mass is 9.85. The van der Waals surface area contributed by atoms with E-state index in [1.54, 1.807) is 0 Å². The minimum Gasteiger partial charge on any atom is -0.346 e. The second-order valence-corrected chi connectivity index (χ2v) is 4.70. The Hall–Kier alpha value is -1.45. The van der Waals surface area contributed by atoms with Crippen LogP contribution in [0.3, 0.4) is 0 Å². The molecule has 0 radical (unpaired) electrons. The van der Waals surface area contributed by atoms with Gasteiger partial charge in [0.05, 0.1) is 0 Å². The summed E-state index contributed by atoms with van der Waals surface area (Å²) >= 11 is 0. The van der Waals surface area contributed by atoms with Gasteiger partial charge in [0.1, 0.15) is 0 Å². The van der Waals surface area contributed by atoms with Crippen LogP contribution in [-0.2, 0) is 14.3 Å². The van der Waals surface area contributed by atoms with Gasteiger partial charge < -0.3 is 9.47 Å². The van der Waals surface area contributed by atoms with E-state index in [0.29, 0.717) is 5.57 Å². The van der Waals surface area contributed by atoms with Crippen molar-refractivity contribution < 1.29 is 14.3 Å². The van der Waals surface area contributed by atoms with Gasteiger partial charge in [-0.3, -0.25) is 4.79 Å². The number of methoxy groups -OCH3 is 2. The molecule has 0 bridgehead atoms. The van der Waals surface area contributed by atoms with Gasteiger partial charge in [0, 0.05) is 25.7 Å². The molecule has 102 valence electrons. The second-order valence-electron chi connectivity index (χ2n) is 4.70. The maximum absolute atomic E-state index is 12.8. The van der Waals surface area contributed by atoms with Gasteiger partial charge in [-0.1, -0.05) is 42.5 Å². The topological polar surface area (TPSA) is 35.5 Å². The molecule has 0 amide bonds. The molecule has 1 atom stereocenters. The average Bonchev–Trinajstić information content (AvgIpc) is 2.51. The third-order valence-electron chi connectivity index (χ3n) is 3.65. The largest absolute Gasteiger partial charge is 0.346 e. The lowest BCUT2D eigenvalue weighted by Gasteiger charge is -2.36. The third kappa shape index (κ3) is 2.62. The van der Waals surface area contributed by atoms with E-state index in [1.165, 1.54) is 14.2 Å². The molecule has 0 spiro atoms. The molecule has 19 heavy (non-hydrogen) atoms. The van der Waals surface area contributed by atoms with Crippen LogP contribution in [0.1, 0.15) is 19.3 Å². The number of carbonyl (C=O) groups excluding carboxylic acids is 1. The molecule has 0 saturated carbocycles. The Morgan fingerprint density at radius 1 is 1.21 bits per heavy atom. The molecule has 3 nitrogen and oxygen atoms in total. The molecule has 0 aromatic rings. The zero-order chi connectivity index (χ0) is 13.7. The number of allylic oxidation sites excluding steroid dienone is 6. The normalized spacial score (nSPS) is 22.4. The first kappa shape index (κ1) is 14.0. The van der Waals surface area contributed by atoms with E-state index in [4.69, 9.17) is 9.47 Å². The number of hydrogen-bond acceptors (Lipinski definition) is 3. The molecular formula is C16H20O3. The average molecular weight is 260 g/mol. The SMILES string of the molecule is COC(OC)(C(=O)C1=CCCC=C1)C1C=CC=CC1. The third-order valence-corrected chi connectivity index (χ3v) is 3.65. The van der Waals surface area contributed by atoms with Gasteiger partial charge >= 0.3 is 0 Å². The van der Waals surface area contributed by atoms with E-state index >= 15 is 0 Å². The Morgan fingerprint density at radius 3 is 2.53 bits per heavy atom. The second kappa shape index (κ2) is 6.13. The van der Waals surface area contributed by atoms with Crippen molar-refractivity contribution in [2.24, 2.45) is 5.92 Å². The molecule has 2 rings (SSSR count). The van der Waals surface area contributed by atoms with Crippen LogP contribution < -0.4 is 0 Å². The number of ketones is 1. The van der Waals surface area contributed by atoms with E-state index in [1.807, 2.05) is 42.5 Å². The Bertz CT molecular complexity index is 451. The highest BCUT2D eigenvalue weighted by Crippen LogP contribution is 2.33. The molecule has 2 aliphatic carbocycles. The van der Waals surface area contributed by atoms with E-state index in [9.17, 15) is 4.79 Å². The highest BCUT2D eigenvalue weighted by atomic mass is 16.7. The number of carbonyl (C=O) groups is 1. The van der Waals surface area contributed by atoms with Crippen LogP contribution in [0, 0.1) is 5.92 Å². The fourth-order valence-corrected chi connectivity index (χ4v) is 2.59. The van der Waals surface area contributed by atoms with Crippen molar-refractivity contribution >= 4 is 5.78 Å². The molecule has 0 aromatic heterocycles. The predicted molar refractivity (Wildman–Crippen MR) is 74.6 cm³/mol. The van der Waals surface area contributed by atoms with Crippen LogP contribution in [0.4, 0.5) is 0 Å². The minimum absolute atomic E-state index is 0.0987. The first-order valence-corrected chi connectivity index (χ1v) is 6.59. The molecular weight excluding hydrogens is 240 g/mol. The van der Waals surface area contributed by atoms with Gasteiger partial charge in [-0.15, -0.1) is 0 Å². The molecule has 0 heterocycles. The van der Waals surface area contributed by atoms with Crippen molar-refractivity contribution in [2.75, 3.05) is 14.2 Å². The van der Waals surface area contributed by atoms with Gasteiger partial charge in [0.2, 0.25) is 11.6 Å². The summed E-state index contributed by atoms with van der Waals surface area (Å²) in [6, 6.07) is 0. The lowest BCUT2D eigenvalue weighted by molar-refractivity contribution is -0.219. The number of hydrogen-bond donors (Lipinski definition) is 0. The van der Waals surface area contributed by atoms with Crippen molar-refractivity contribution in [3.8, 4) is 0 Å². The summed E-state index contributed by atoms with van der Waals surface area (Å²) in [5.41, 5.74) is 0.679. The summed E-state index contributed by atoms with van der Waals surface area (Å²) in [5, 5.41) is 0. The highest BCUT2D eigenvalue weighted by Gasteiger charge is 2.46. The Balaban J connectivity index is 2.30. The van der Waals surface area contributed by atoms with Gasteiger partial charge in [0.25, 0.3) is 0 Å². The maximum atomic E-state index is 12.8. The fraction of sp³-hybridized carbons (Fsp3) is 0.438. The molecule has 0 N–H and O–H groups in total. The maximum Gasteiger partial charge on any atom is 0.239 e. The number of rotatable bonds is 5. The quantitative estimate of drug-likeness (QED) is 0.713. The molecule has 1 unspecified atom stereocenters. The summed E-state index contributed by atoms with van der Waals surface area (Å²) in [6.45, 7) is 0. The Kier molecular flexibility index (Phi) is 4.51. The van der Waals surface area contributed by atoms with Gasteiger partial charge in [-0.2, -0.15) is 0 Å². The van der Waals surface area contributed by atoms with E-state index < -0.39 is 5.79 Å². The van der Waals surface area contributed by atoms with E-state index in [2.05, 4.69) is 0 Å².